The first-order chi connectivity index (χ1) is 15.9. The minimum atomic E-state index is -0.866. The lowest BCUT2D eigenvalue weighted by atomic mass is 9.95. The number of nitrogens with zero attached hydrogens (tertiary/aromatic N) is 5. The highest BCUT2D eigenvalue weighted by atomic mass is 32.1. The second kappa shape index (κ2) is 9.06. The molecule has 2 amide bonds. The number of rotatable bonds is 6. The fourth-order valence-corrected chi connectivity index (χ4v) is 6.92. The molecular weight excluding hydrogens is 440 g/mol. The number of fused-ring (bicyclic) bond motifs is 3. The molecule has 0 spiro atoms. The van der Waals surface area contributed by atoms with Crippen LogP contribution < -0.4 is 5.32 Å². The maximum Gasteiger partial charge on any atom is 0.407 e. The van der Waals surface area contributed by atoms with Crippen molar-refractivity contribution in [2.45, 2.75) is 83.1 Å². The highest BCUT2D eigenvalue weighted by molar-refractivity contribution is 7.09. The van der Waals surface area contributed by atoms with Crippen LogP contribution in [0.25, 0.3) is 0 Å². The fourth-order valence-electron chi connectivity index (χ4n) is 6.20. The molecule has 178 valence electrons. The summed E-state index contributed by atoms with van der Waals surface area (Å²) in [5.74, 6) is 0.998. The van der Waals surface area contributed by atoms with Crippen LogP contribution in [0, 0.1) is 6.92 Å². The molecule has 1 unspecified atom stereocenters. The van der Waals surface area contributed by atoms with Crippen LogP contribution in [0.2, 0.25) is 0 Å². The molecule has 2 bridgehead atoms. The molecule has 3 aliphatic heterocycles. The van der Waals surface area contributed by atoms with Crippen molar-refractivity contribution in [3.05, 3.63) is 33.8 Å². The summed E-state index contributed by atoms with van der Waals surface area (Å²) in [6.07, 6.45) is 7.18. The SMILES string of the molecule is CC(=O)N[C@@H](CCN1[C@@H]2CC[C@H]1CC(n1c(C)nc3c1CCN(C(=O)O)C3)C2)c1nccs1. The third-order valence-electron chi connectivity index (χ3n) is 7.53. The summed E-state index contributed by atoms with van der Waals surface area (Å²) in [5, 5.41) is 15.4. The van der Waals surface area contributed by atoms with Crippen LogP contribution in [0.15, 0.2) is 11.6 Å². The smallest absolute Gasteiger partial charge is 0.407 e. The van der Waals surface area contributed by atoms with E-state index in [1.54, 1.807) is 24.5 Å². The maximum atomic E-state index is 11.7. The summed E-state index contributed by atoms with van der Waals surface area (Å²) in [5.41, 5.74) is 2.16. The molecule has 0 aliphatic carbocycles. The molecular formula is C23H32N6O3S. The molecule has 0 saturated carbocycles. The molecule has 2 fully saturated rings. The number of amides is 2. The van der Waals surface area contributed by atoms with E-state index in [2.05, 4.69) is 26.7 Å². The Morgan fingerprint density at radius 2 is 2.03 bits per heavy atom. The number of carboxylic acid groups (broad SMARTS) is 1. The highest BCUT2D eigenvalue weighted by Crippen LogP contribution is 2.43. The van der Waals surface area contributed by atoms with E-state index in [9.17, 15) is 14.7 Å². The highest BCUT2D eigenvalue weighted by Gasteiger charge is 2.42. The molecule has 2 aromatic heterocycles. The molecule has 33 heavy (non-hydrogen) atoms. The summed E-state index contributed by atoms with van der Waals surface area (Å²) < 4.78 is 2.42. The summed E-state index contributed by atoms with van der Waals surface area (Å²) in [7, 11) is 0. The quantitative estimate of drug-likeness (QED) is 0.670. The standard InChI is InChI=1S/C23H32N6O3S/c1-14-25-20-13-27(23(31)32)8-6-21(20)29(14)18-11-16-3-4-17(12-18)28(16)9-5-19(26-15(2)30)22-24-7-10-33-22/h7,10,16-19H,3-6,8-9,11-13H2,1-2H3,(H,26,30)(H,31,32)/t16-,17+,18?,19-/m0/s1. The zero-order valence-electron chi connectivity index (χ0n) is 19.2. The van der Waals surface area contributed by atoms with E-state index in [1.807, 2.05) is 5.38 Å². The van der Waals surface area contributed by atoms with Crippen molar-refractivity contribution in [3.63, 3.8) is 0 Å². The van der Waals surface area contributed by atoms with E-state index in [4.69, 9.17) is 4.98 Å². The Kier molecular flexibility index (Phi) is 6.13. The van der Waals surface area contributed by atoms with Gasteiger partial charge < -0.3 is 19.9 Å². The van der Waals surface area contributed by atoms with E-state index in [-0.39, 0.29) is 11.9 Å². The van der Waals surface area contributed by atoms with Gasteiger partial charge in [0.2, 0.25) is 5.91 Å². The summed E-state index contributed by atoms with van der Waals surface area (Å²) in [6, 6.07) is 1.48. The molecule has 0 aromatic carbocycles. The average Bonchev–Trinajstić information content (AvgIpc) is 3.46. The molecule has 2 N–H and O–H groups in total. The number of aryl methyl sites for hydroxylation is 1. The minimum Gasteiger partial charge on any atom is -0.465 e. The first kappa shape index (κ1) is 22.3. The predicted octanol–water partition coefficient (Wildman–Crippen LogP) is 3.12. The largest absolute Gasteiger partial charge is 0.465 e. The van der Waals surface area contributed by atoms with Crippen molar-refractivity contribution in [1.29, 1.82) is 0 Å². The second-order valence-electron chi connectivity index (χ2n) is 9.54. The number of hydrogen-bond acceptors (Lipinski definition) is 6. The Balaban J connectivity index is 1.27. The molecule has 2 saturated heterocycles. The zero-order valence-corrected chi connectivity index (χ0v) is 20.1. The van der Waals surface area contributed by atoms with E-state index < -0.39 is 6.09 Å². The van der Waals surface area contributed by atoms with Crippen LogP contribution in [0.4, 0.5) is 4.79 Å². The van der Waals surface area contributed by atoms with Crippen molar-refractivity contribution in [3.8, 4) is 0 Å². The van der Waals surface area contributed by atoms with Crippen LogP contribution in [-0.2, 0) is 17.8 Å². The number of piperidine rings is 1. The molecule has 4 atom stereocenters. The van der Waals surface area contributed by atoms with Crippen LogP contribution in [-0.4, -0.2) is 66.6 Å². The van der Waals surface area contributed by atoms with E-state index in [1.165, 1.54) is 23.4 Å². The minimum absolute atomic E-state index is 0.0151. The van der Waals surface area contributed by atoms with Crippen molar-refractivity contribution in [2.75, 3.05) is 13.1 Å². The van der Waals surface area contributed by atoms with Crippen LogP contribution >= 0.6 is 11.3 Å². The zero-order chi connectivity index (χ0) is 23.1. The predicted molar refractivity (Wildman–Crippen MR) is 124 cm³/mol. The first-order valence-corrected chi connectivity index (χ1v) is 12.7. The van der Waals surface area contributed by atoms with E-state index >= 15 is 0 Å². The Morgan fingerprint density at radius 1 is 1.27 bits per heavy atom. The van der Waals surface area contributed by atoms with Crippen LogP contribution in [0.5, 0.6) is 0 Å². The molecule has 10 heteroatoms. The van der Waals surface area contributed by atoms with Gasteiger partial charge in [0.05, 0.1) is 18.3 Å². The van der Waals surface area contributed by atoms with Gasteiger partial charge in [-0.3, -0.25) is 9.69 Å². The summed E-state index contributed by atoms with van der Waals surface area (Å²) in [4.78, 5) is 36.4. The van der Waals surface area contributed by atoms with Gasteiger partial charge in [0.1, 0.15) is 10.8 Å². The first-order valence-electron chi connectivity index (χ1n) is 11.9. The number of carbonyl (C=O) groups excluding carboxylic acids is 1. The average molecular weight is 473 g/mol. The van der Waals surface area contributed by atoms with Gasteiger partial charge >= 0.3 is 6.09 Å². The van der Waals surface area contributed by atoms with Crippen LogP contribution in [0.3, 0.4) is 0 Å². The monoisotopic (exact) mass is 472 g/mol. The summed E-state index contributed by atoms with van der Waals surface area (Å²) >= 11 is 1.60. The topological polar surface area (TPSA) is 104 Å². The van der Waals surface area contributed by atoms with E-state index in [0.717, 1.165) is 48.8 Å². The normalized spacial score (nSPS) is 25.6. The van der Waals surface area contributed by atoms with Gasteiger partial charge in [0.15, 0.2) is 0 Å². The molecule has 2 aromatic rings. The van der Waals surface area contributed by atoms with Gasteiger partial charge in [0, 0.05) is 61.8 Å². The second-order valence-corrected chi connectivity index (χ2v) is 10.5. The lowest BCUT2D eigenvalue weighted by molar-refractivity contribution is -0.119. The Labute approximate surface area is 197 Å². The molecule has 3 aliphatic rings. The van der Waals surface area contributed by atoms with E-state index in [0.29, 0.717) is 31.2 Å². The van der Waals surface area contributed by atoms with Gasteiger partial charge in [-0.2, -0.15) is 0 Å². The molecule has 0 radical (unpaired) electrons. The lowest BCUT2D eigenvalue weighted by Gasteiger charge is -2.41. The molecule has 5 rings (SSSR count). The molecule has 9 nitrogen and oxygen atoms in total. The number of aromatic nitrogens is 3. The van der Waals surface area contributed by atoms with Crippen molar-refractivity contribution in [2.24, 2.45) is 0 Å². The van der Waals surface area contributed by atoms with Crippen LogP contribution in [0.1, 0.15) is 73.3 Å². The third kappa shape index (κ3) is 4.38. The Morgan fingerprint density at radius 3 is 2.67 bits per heavy atom. The Hall–Kier alpha value is -2.46. The van der Waals surface area contributed by atoms with Gasteiger partial charge in [-0.1, -0.05) is 0 Å². The summed E-state index contributed by atoms with van der Waals surface area (Å²) in [6.45, 7) is 5.52. The fraction of sp³-hybridized carbons (Fsp3) is 0.652. The lowest BCUT2D eigenvalue weighted by Crippen LogP contribution is -2.45. The maximum absolute atomic E-state index is 11.7. The van der Waals surface area contributed by atoms with Gasteiger partial charge in [0.25, 0.3) is 0 Å². The third-order valence-corrected chi connectivity index (χ3v) is 8.42. The van der Waals surface area contributed by atoms with Gasteiger partial charge in [-0.05, 0) is 39.0 Å². The molecule has 5 heterocycles. The number of thiazole rings is 1. The van der Waals surface area contributed by atoms with Crippen molar-refractivity contribution in [1.82, 2.24) is 29.7 Å². The Bertz CT molecular complexity index is 1010. The van der Waals surface area contributed by atoms with Crippen molar-refractivity contribution >= 4 is 23.3 Å². The van der Waals surface area contributed by atoms with Crippen molar-refractivity contribution < 1.29 is 14.7 Å². The van der Waals surface area contributed by atoms with Gasteiger partial charge in [-0.15, -0.1) is 11.3 Å². The number of imidazole rings is 1. The number of nitrogens with one attached hydrogen (secondary N) is 1. The number of hydrogen-bond donors (Lipinski definition) is 2. The number of carbonyl (C=O) groups is 2. The van der Waals surface area contributed by atoms with Gasteiger partial charge in [-0.25, -0.2) is 14.8 Å².